The topological polar surface area (TPSA) is 41.0 Å². The van der Waals surface area contributed by atoms with Gasteiger partial charge >= 0.3 is 0 Å². The summed E-state index contributed by atoms with van der Waals surface area (Å²) < 4.78 is 7.63. The smallest absolute Gasteiger partial charge is 0.0871 e. The molecule has 1 saturated heterocycles. The molecule has 4 heterocycles. The van der Waals surface area contributed by atoms with Crippen molar-refractivity contribution in [2.75, 3.05) is 0 Å². The summed E-state index contributed by atoms with van der Waals surface area (Å²) in [6, 6.07) is 66.6. The van der Waals surface area contributed by atoms with Gasteiger partial charge in [-0.15, -0.1) is 22.7 Å². The van der Waals surface area contributed by atoms with Crippen molar-refractivity contribution in [3.8, 4) is 16.8 Å². The Morgan fingerprint density at radius 2 is 1.04 bits per heavy atom. The van der Waals surface area contributed by atoms with Gasteiger partial charge in [-0.05, 0) is 70.3 Å². The maximum Gasteiger partial charge on any atom is 0.0871 e. The molecule has 0 saturated carbocycles. The lowest BCUT2D eigenvalue weighted by molar-refractivity contribution is 0.204. The lowest BCUT2D eigenvalue weighted by atomic mass is 9.97. The molecule has 0 spiro atoms. The van der Waals surface area contributed by atoms with Crippen molar-refractivity contribution in [2.24, 2.45) is 0 Å². The zero-order valence-corrected chi connectivity index (χ0v) is 32.4. The van der Waals surface area contributed by atoms with Crippen LogP contribution in [0.25, 0.3) is 79.0 Å². The van der Waals surface area contributed by atoms with E-state index in [9.17, 15) is 0 Å². The maximum atomic E-state index is 3.93. The Hall–Kier alpha value is -6.12. The minimum atomic E-state index is -0.0819. The molecule has 0 aliphatic carbocycles. The third kappa shape index (κ3) is 5.37. The fourth-order valence-electron chi connectivity index (χ4n) is 9.12. The number of rotatable bonds is 5. The molecule has 1 aliphatic heterocycles. The van der Waals surface area contributed by atoms with E-state index in [0.29, 0.717) is 0 Å². The molecule has 272 valence electrons. The molecule has 3 aromatic heterocycles. The van der Waals surface area contributed by atoms with Crippen LogP contribution in [-0.4, -0.2) is 4.57 Å². The van der Waals surface area contributed by atoms with Crippen molar-refractivity contribution in [1.29, 1.82) is 0 Å². The number of nitrogens with one attached hydrogen (secondary N) is 3. The first-order valence-corrected chi connectivity index (χ1v) is 21.2. The summed E-state index contributed by atoms with van der Waals surface area (Å²) in [5.41, 5.74) is 9.87. The van der Waals surface area contributed by atoms with Gasteiger partial charge in [0, 0.05) is 56.8 Å². The second kappa shape index (κ2) is 13.2. The van der Waals surface area contributed by atoms with E-state index < -0.39 is 0 Å². The number of aromatic nitrogens is 1. The van der Waals surface area contributed by atoms with Crippen LogP contribution in [0.2, 0.25) is 0 Å². The Labute approximate surface area is 337 Å². The van der Waals surface area contributed by atoms with Crippen molar-refractivity contribution in [3.63, 3.8) is 0 Å². The molecule has 0 bridgehead atoms. The number of benzene rings is 8. The van der Waals surface area contributed by atoms with Crippen molar-refractivity contribution < 1.29 is 0 Å². The van der Waals surface area contributed by atoms with E-state index in [-0.39, 0.29) is 18.5 Å². The van der Waals surface area contributed by atoms with Crippen molar-refractivity contribution in [3.05, 3.63) is 199 Å². The van der Waals surface area contributed by atoms with Crippen LogP contribution < -0.4 is 16.0 Å². The fraction of sp³-hybridized carbons (Fsp3) is 0.0588. The standard InChI is InChI=1S/C51H36N4S2/c1-3-13-31(14-4-1)49-52-50(32-15-5-2-6-16-32)54-51(53-49)40-21-12-24-45-47(40)41-29-33(25-28-44(41)56-45)35-19-11-20-39-38-27-26-34(30-46(38)57-48(35)39)55-42-22-9-7-17-36(42)37-18-8-10-23-43(37)55/h1-30,49-54H. The molecule has 0 radical (unpaired) electrons. The molecular weight excluding hydrogens is 733 g/mol. The van der Waals surface area contributed by atoms with Crippen LogP contribution in [0, 0.1) is 0 Å². The average Bonchev–Trinajstić information content (AvgIpc) is 3.96. The van der Waals surface area contributed by atoms with Crippen molar-refractivity contribution in [1.82, 2.24) is 20.5 Å². The maximum absolute atomic E-state index is 3.93. The van der Waals surface area contributed by atoms with E-state index in [1.54, 1.807) is 0 Å². The summed E-state index contributed by atoms with van der Waals surface area (Å²) in [5, 5.41) is 19.5. The van der Waals surface area contributed by atoms with Gasteiger partial charge < -0.3 is 4.57 Å². The number of para-hydroxylation sites is 2. The molecule has 11 aromatic rings. The van der Waals surface area contributed by atoms with Gasteiger partial charge in [0.1, 0.15) is 0 Å². The van der Waals surface area contributed by atoms with Gasteiger partial charge in [0.25, 0.3) is 0 Å². The van der Waals surface area contributed by atoms with E-state index >= 15 is 0 Å². The highest BCUT2D eigenvalue weighted by Crippen LogP contribution is 2.45. The lowest BCUT2D eigenvalue weighted by Gasteiger charge is -2.40. The summed E-state index contributed by atoms with van der Waals surface area (Å²) in [6.07, 6.45) is -0.139. The molecule has 3 N–H and O–H groups in total. The van der Waals surface area contributed by atoms with Crippen LogP contribution in [-0.2, 0) is 0 Å². The van der Waals surface area contributed by atoms with Gasteiger partial charge in [-0.25, -0.2) is 0 Å². The largest absolute Gasteiger partial charge is 0.309 e. The Morgan fingerprint density at radius 3 is 1.75 bits per heavy atom. The number of fused-ring (bicyclic) bond motifs is 9. The first-order valence-electron chi connectivity index (χ1n) is 19.5. The molecule has 0 amide bonds. The predicted octanol–water partition coefficient (Wildman–Crippen LogP) is 13.4. The van der Waals surface area contributed by atoms with Crippen LogP contribution in [0.1, 0.15) is 35.2 Å². The minimum Gasteiger partial charge on any atom is -0.309 e. The Morgan fingerprint density at radius 1 is 0.404 bits per heavy atom. The number of hydrogen-bond acceptors (Lipinski definition) is 5. The summed E-state index contributed by atoms with van der Waals surface area (Å²) in [5.74, 6) is 0. The van der Waals surface area contributed by atoms with Crippen LogP contribution in [0.4, 0.5) is 0 Å². The Bertz CT molecular complexity index is 3210. The summed E-state index contributed by atoms with van der Waals surface area (Å²) >= 11 is 3.78. The van der Waals surface area contributed by atoms with E-state index in [1.165, 1.54) is 95.7 Å². The van der Waals surface area contributed by atoms with Crippen molar-refractivity contribution >= 4 is 84.8 Å². The Balaban J connectivity index is 0.981. The summed E-state index contributed by atoms with van der Waals surface area (Å²) in [6.45, 7) is 0. The molecule has 1 fully saturated rings. The molecule has 57 heavy (non-hydrogen) atoms. The molecule has 1 aliphatic rings. The number of thiophene rings is 2. The minimum absolute atomic E-state index is 0.0283. The van der Waals surface area contributed by atoms with Gasteiger partial charge in [0.2, 0.25) is 0 Å². The average molecular weight is 769 g/mol. The highest BCUT2D eigenvalue weighted by Gasteiger charge is 2.31. The van der Waals surface area contributed by atoms with Gasteiger partial charge in [-0.3, -0.25) is 16.0 Å². The van der Waals surface area contributed by atoms with Crippen LogP contribution >= 0.6 is 22.7 Å². The van der Waals surface area contributed by atoms with Gasteiger partial charge in [0.15, 0.2) is 0 Å². The first-order chi connectivity index (χ1) is 28.2. The summed E-state index contributed by atoms with van der Waals surface area (Å²) in [4.78, 5) is 0. The zero-order chi connectivity index (χ0) is 37.5. The molecule has 8 aromatic carbocycles. The highest BCUT2D eigenvalue weighted by molar-refractivity contribution is 7.26. The normalized spacial score (nSPS) is 17.4. The number of nitrogens with zero attached hydrogens (tertiary/aromatic N) is 1. The molecule has 4 nitrogen and oxygen atoms in total. The van der Waals surface area contributed by atoms with Crippen LogP contribution in [0.5, 0.6) is 0 Å². The highest BCUT2D eigenvalue weighted by atomic mass is 32.1. The molecular formula is C51H36N4S2. The van der Waals surface area contributed by atoms with Gasteiger partial charge in [-0.1, -0.05) is 140 Å². The van der Waals surface area contributed by atoms with Crippen molar-refractivity contribution in [2.45, 2.75) is 18.5 Å². The monoisotopic (exact) mass is 768 g/mol. The van der Waals surface area contributed by atoms with E-state index in [1.807, 2.05) is 22.7 Å². The molecule has 2 atom stereocenters. The van der Waals surface area contributed by atoms with Gasteiger partial charge in [-0.2, -0.15) is 0 Å². The fourth-order valence-corrected chi connectivity index (χ4v) is 11.5. The number of hydrogen-bond donors (Lipinski definition) is 3. The predicted molar refractivity (Wildman–Crippen MR) is 243 cm³/mol. The SMILES string of the molecule is c1ccc(C2NC(c3ccccc3)NC(c3cccc4sc5ccc(-c6cccc7c6sc6cc(-n8c9ccccc9c9ccccc98)ccc67)cc5c34)N2)cc1. The third-order valence-electron chi connectivity index (χ3n) is 11.7. The van der Waals surface area contributed by atoms with Crippen LogP contribution in [0.3, 0.4) is 0 Å². The third-order valence-corrected chi connectivity index (χ3v) is 14.1. The quantitative estimate of drug-likeness (QED) is 0.163. The zero-order valence-electron chi connectivity index (χ0n) is 30.8. The van der Waals surface area contributed by atoms with E-state index in [2.05, 4.69) is 203 Å². The Kier molecular flexibility index (Phi) is 7.68. The second-order valence-electron chi connectivity index (χ2n) is 15.0. The first kappa shape index (κ1) is 33.1. The molecule has 2 unspecified atom stereocenters. The van der Waals surface area contributed by atoms with E-state index in [4.69, 9.17) is 0 Å². The summed E-state index contributed by atoms with van der Waals surface area (Å²) in [7, 11) is 0. The lowest BCUT2D eigenvalue weighted by Crippen LogP contribution is -2.54. The molecule has 6 heteroatoms. The van der Waals surface area contributed by atoms with Gasteiger partial charge in [0.05, 0.1) is 29.5 Å². The molecule has 12 rings (SSSR count). The van der Waals surface area contributed by atoms with E-state index in [0.717, 1.165) is 0 Å². The van der Waals surface area contributed by atoms with Crippen LogP contribution in [0.15, 0.2) is 182 Å². The second-order valence-corrected chi connectivity index (χ2v) is 17.1.